The monoisotopic (exact) mass is 280 g/mol. The lowest BCUT2D eigenvalue weighted by molar-refractivity contribution is 0.0724. The first-order chi connectivity index (χ1) is 9.49. The molecule has 0 radical (unpaired) electrons. The van der Waals surface area contributed by atoms with Gasteiger partial charge in [-0.1, -0.05) is 0 Å². The zero-order valence-electron chi connectivity index (χ0n) is 12.4. The molecule has 1 amide bonds. The molecule has 0 saturated carbocycles. The molecule has 0 heterocycles. The average molecular weight is 280 g/mol. The van der Waals surface area contributed by atoms with E-state index in [4.69, 9.17) is 0 Å². The van der Waals surface area contributed by atoms with Crippen LogP contribution in [0.25, 0.3) is 0 Å². The van der Waals surface area contributed by atoms with Crippen LogP contribution in [-0.4, -0.2) is 48.0 Å². The molecule has 0 saturated heterocycles. The van der Waals surface area contributed by atoms with Crippen molar-refractivity contribution in [2.24, 2.45) is 0 Å². The van der Waals surface area contributed by atoms with Gasteiger partial charge in [-0.15, -0.1) is 0 Å². The first-order valence-corrected chi connectivity index (χ1v) is 6.89. The van der Waals surface area contributed by atoms with E-state index in [1.54, 1.807) is 19.1 Å². The second-order valence-electron chi connectivity index (χ2n) is 5.05. The molecule has 20 heavy (non-hydrogen) atoms. The topological polar surface area (TPSA) is 72.8 Å². The van der Waals surface area contributed by atoms with Crippen molar-refractivity contribution >= 4 is 11.6 Å². The van der Waals surface area contributed by atoms with Crippen molar-refractivity contribution in [3.63, 3.8) is 0 Å². The zero-order chi connectivity index (χ0) is 15.2. The molecule has 0 aromatic heterocycles. The third kappa shape index (κ3) is 3.95. The molecule has 0 aliphatic carbocycles. The minimum absolute atomic E-state index is 0.304. The maximum atomic E-state index is 12.1. The van der Waals surface area contributed by atoms with Crippen LogP contribution in [0.4, 0.5) is 5.69 Å². The number of hydrogen-bond donors (Lipinski definition) is 3. The molecule has 0 atom stereocenters. The van der Waals surface area contributed by atoms with Crippen molar-refractivity contribution in [2.45, 2.75) is 26.3 Å². The van der Waals surface area contributed by atoms with E-state index in [0.29, 0.717) is 5.56 Å². The molecular formula is C15H24N2O3. The second kappa shape index (κ2) is 7.26. The molecule has 0 aliphatic rings. The lowest BCUT2D eigenvalue weighted by Gasteiger charge is -2.26. The van der Waals surface area contributed by atoms with Crippen LogP contribution in [0.5, 0.6) is 0 Å². The number of benzene rings is 1. The summed E-state index contributed by atoms with van der Waals surface area (Å²) in [6, 6.07) is 7.30. The third-order valence-corrected chi connectivity index (χ3v) is 3.37. The Hall–Kier alpha value is -1.59. The summed E-state index contributed by atoms with van der Waals surface area (Å²) >= 11 is 0. The maximum absolute atomic E-state index is 12.1. The number of hydrogen-bond acceptors (Lipinski definition) is 4. The molecule has 5 heteroatoms. The summed E-state index contributed by atoms with van der Waals surface area (Å²) in [5.41, 5.74) is 0.571. The molecule has 1 rings (SSSR count). The van der Waals surface area contributed by atoms with Crippen molar-refractivity contribution in [2.75, 3.05) is 31.2 Å². The Labute approximate surface area is 120 Å². The van der Waals surface area contributed by atoms with Crippen molar-refractivity contribution in [3.05, 3.63) is 29.8 Å². The Kier molecular flexibility index (Phi) is 5.98. The molecule has 112 valence electrons. The normalized spacial score (nSPS) is 11.2. The number of amides is 1. The number of aliphatic hydroxyl groups is 2. The lowest BCUT2D eigenvalue weighted by Crippen LogP contribution is -2.51. The number of rotatable bonds is 7. The Morgan fingerprint density at radius 2 is 1.65 bits per heavy atom. The van der Waals surface area contributed by atoms with E-state index < -0.39 is 5.54 Å². The fourth-order valence-corrected chi connectivity index (χ4v) is 1.89. The van der Waals surface area contributed by atoms with Gasteiger partial charge in [0.25, 0.3) is 5.91 Å². The van der Waals surface area contributed by atoms with Gasteiger partial charge in [0.2, 0.25) is 0 Å². The van der Waals surface area contributed by atoms with E-state index in [1.165, 1.54) is 0 Å². The fraction of sp³-hybridized carbons (Fsp3) is 0.533. The number of carbonyl (C=O) groups excluding carboxylic acids is 1. The van der Waals surface area contributed by atoms with Gasteiger partial charge in [-0.2, -0.15) is 0 Å². The molecule has 0 fully saturated rings. The van der Waals surface area contributed by atoms with Crippen LogP contribution in [0.1, 0.15) is 31.1 Å². The van der Waals surface area contributed by atoms with Crippen molar-refractivity contribution in [1.82, 2.24) is 5.32 Å². The van der Waals surface area contributed by atoms with Gasteiger partial charge in [0.05, 0.1) is 18.8 Å². The highest BCUT2D eigenvalue weighted by atomic mass is 16.3. The summed E-state index contributed by atoms with van der Waals surface area (Å²) in [5.74, 6) is -0.304. The van der Waals surface area contributed by atoms with E-state index in [2.05, 4.69) is 24.1 Å². The summed E-state index contributed by atoms with van der Waals surface area (Å²) in [6.07, 6.45) is 0. The van der Waals surface area contributed by atoms with Gasteiger partial charge in [0.1, 0.15) is 0 Å². The molecule has 0 bridgehead atoms. The molecule has 3 N–H and O–H groups in total. The number of anilines is 1. The highest BCUT2D eigenvalue weighted by Crippen LogP contribution is 2.15. The maximum Gasteiger partial charge on any atom is 0.251 e. The van der Waals surface area contributed by atoms with Crippen molar-refractivity contribution in [1.29, 1.82) is 0 Å². The molecule has 1 aromatic carbocycles. The highest BCUT2D eigenvalue weighted by Gasteiger charge is 2.25. The lowest BCUT2D eigenvalue weighted by atomic mass is 10.0. The minimum Gasteiger partial charge on any atom is -0.394 e. The van der Waals surface area contributed by atoms with Gasteiger partial charge in [-0.25, -0.2) is 0 Å². The Morgan fingerprint density at radius 1 is 1.15 bits per heavy atom. The minimum atomic E-state index is -1.01. The van der Waals surface area contributed by atoms with Crippen molar-refractivity contribution < 1.29 is 15.0 Å². The van der Waals surface area contributed by atoms with Gasteiger partial charge in [-0.3, -0.25) is 4.79 Å². The summed E-state index contributed by atoms with van der Waals surface area (Å²) in [7, 11) is 0. The molecule has 0 spiro atoms. The van der Waals surface area contributed by atoms with E-state index in [9.17, 15) is 15.0 Å². The van der Waals surface area contributed by atoms with Gasteiger partial charge >= 0.3 is 0 Å². The largest absolute Gasteiger partial charge is 0.394 e. The van der Waals surface area contributed by atoms with E-state index in [1.807, 2.05) is 12.1 Å². The van der Waals surface area contributed by atoms with Gasteiger partial charge in [0, 0.05) is 24.3 Å². The molecular weight excluding hydrogens is 256 g/mol. The van der Waals surface area contributed by atoms with Gasteiger partial charge in [0.15, 0.2) is 0 Å². The predicted octanol–water partition coefficient (Wildman–Crippen LogP) is 1.01. The first-order valence-electron chi connectivity index (χ1n) is 6.89. The van der Waals surface area contributed by atoms with Gasteiger partial charge in [-0.05, 0) is 45.0 Å². The Morgan fingerprint density at radius 3 is 2.05 bits per heavy atom. The van der Waals surface area contributed by atoms with Crippen LogP contribution < -0.4 is 10.2 Å². The number of carbonyl (C=O) groups is 1. The Bertz CT molecular complexity index is 423. The smallest absolute Gasteiger partial charge is 0.251 e. The Balaban J connectivity index is 2.80. The summed E-state index contributed by atoms with van der Waals surface area (Å²) < 4.78 is 0. The van der Waals surface area contributed by atoms with Crippen LogP contribution in [0, 0.1) is 0 Å². The third-order valence-electron chi connectivity index (χ3n) is 3.37. The quantitative estimate of drug-likeness (QED) is 0.697. The molecule has 0 unspecified atom stereocenters. The van der Waals surface area contributed by atoms with Crippen LogP contribution >= 0.6 is 0 Å². The standard InChI is InChI=1S/C15H24N2O3/c1-4-17(5-2)13-8-6-12(7-9-13)14(20)16-15(3,10-18)11-19/h6-9,18-19H,4-5,10-11H2,1-3H3,(H,16,20). The molecule has 5 nitrogen and oxygen atoms in total. The second-order valence-corrected chi connectivity index (χ2v) is 5.05. The number of aliphatic hydroxyl groups excluding tert-OH is 2. The van der Waals surface area contributed by atoms with Crippen molar-refractivity contribution in [3.8, 4) is 0 Å². The first kappa shape index (κ1) is 16.5. The number of nitrogens with one attached hydrogen (secondary N) is 1. The van der Waals surface area contributed by atoms with E-state index in [0.717, 1.165) is 18.8 Å². The highest BCUT2D eigenvalue weighted by molar-refractivity contribution is 5.95. The fourth-order valence-electron chi connectivity index (χ4n) is 1.89. The SMILES string of the molecule is CCN(CC)c1ccc(C(=O)NC(C)(CO)CO)cc1. The zero-order valence-corrected chi connectivity index (χ0v) is 12.4. The average Bonchev–Trinajstić information content (AvgIpc) is 2.49. The summed E-state index contributed by atoms with van der Waals surface area (Å²) in [6.45, 7) is 6.95. The van der Waals surface area contributed by atoms with E-state index >= 15 is 0 Å². The van der Waals surface area contributed by atoms with Crippen LogP contribution in [0.3, 0.4) is 0 Å². The predicted molar refractivity (Wildman–Crippen MR) is 80.0 cm³/mol. The molecule has 1 aromatic rings. The number of nitrogens with zero attached hydrogens (tertiary/aromatic N) is 1. The van der Waals surface area contributed by atoms with E-state index in [-0.39, 0.29) is 19.1 Å². The van der Waals surface area contributed by atoms with Crippen LogP contribution in [-0.2, 0) is 0 Å². The van der Waals surface area contributed by atoms with Gasteiger partial charge < -0.3 is 20.4 Å². The summed E-state index contributed by atoms with van der Waals surface area (Å²) in [4.78, 5) is 14.2. The molecule has 0 aliphatic heterocycles. The van der Waals surface area contributed by atoms with Crippen LogP contribution in [0.2, 0.25) is 0 Å². The van der Waals surface area contributed by atoms with Crippen LogP contribution in [0.15, 0.2) is 24.3 Å². The summed E-state index contributed by atoms with van der Waals surface area (Å²) in [5, 5.41) is 21.0.